The van der Waals surface area contributed by atoms with Crippen molar-refractivity contribution in [3.8, 4) is 0 Å². The molecule has 1 unspecified atom stereocenters. The van der Waals surface area contributed by atoms with Crippen LogP contribution >= 0.6 is 11.6 Å². The van der Waals surface area contributed by atoms with E-state index < -0.39 is 0 Å². The van der Waals surface area contributed by atoms with E-state index in [0.717, 1.165) is 17.7 Å². The van der Waals surface area contributed by atoms with Crippen LogP contribution in [0.3, 0.4) is 0 Å². The fourth-order valence-corrected chi connectivity index (χ4v) is 2.32. The number of rotatable bonds is 5. The van der Waals surface area contributed by atoms with Gasteiger partial charge in [-0.3, -0.25) is 11.3 Å². The molecule has 2 rings (SSSR count). The molecule has 2 aromatic rings. The molecule has 1 atom stereocenters. The highest BCUT2D eigenvalue weighted by atomic mass is 35.5. The van der Waals surface area contributed by atoms with Crippen LogP contribution in [-0.4, -0.2) is 0 Å². The summed E-state index contributed by atoms with van der Waals surface area (Å²) in [6.07, 6.45) is 2.91. The Kier molecular flexibility index (Phi) is 4.58. The monoisotopic (exact) mass is 282 g/mol. The number of hydrazine groups is 1. The standard InChI is InChI=1S/C14H16ClFN2O/c1-2-14-11(5-6-19-14)13(18-17)8-9-7-10(16)3-4-12(9)15/h3-7,13,18H,2,8,17H2,1H3. The lowest BCUT2D eigenvalue weighted by molar-refractivity contribution is 0.487. The number of halogens is 2. The molecule has 1 aromatic carbocycles. The molecule has 0 radical (unpaired) electrons. The third-order valence-electron chi connectivity index (χ3n) is 3.11. The maximum absolute atomic E-state index is 13.3. The second-order valence-corrected chi connectivity index (χ2v) is 4.72. The van der Waals surface area contributed by atoms with Crippen molar-refractivity contribution in [1.82, 2.24) is 5.43 Å². The zero-order chi connectivity index (χ0) is 13.8. The van der Waals surface area contributed by atoms with Crippen LogP contribution in [0.4, 0.5) is 4.39 Å². The SMILES string of the molecule is CCc1occc1C(Cc1cc(F)ccc1Cl)NN. The molecule has 0 fully saturated rings. The predicted octanol–water partition coefficient (Wildman–Crippen LogP) is 3.38. The molecule has 1 aromatic heterocycles. The third-order valence-corrected chi connectivity index (χ3v) is 3.48. The van der Waals surface area contributed by atoms with Gasteiger partial charge in [0.15, 0.2) is 0 Å². The van der Waals surface area contributed by atoms with Gasteiger partial charge in [0.1, 0.15) is 11.6 Å². The minimum atomic E-state index is -0.307. The van der Waals surface area contributed by atoms with Crippen molar-refractivity contribution >= 4 is 11.6 Å². The summed E-state index contributed by atoms with van der Waals surface area (Å²) in [5.41, 5.74) is 4.43. The first-order chi connectivity index (χ1) is 9.15. The summed E-state index contributed by atoms with van der Waals surface area (Å²) in [4.78, 5) is 0. The number of benzene rings is 1. The van der Waals surface area contributed by atoms with E-state index >= 15 is 0 Å². The van der Waals surface area contributed by atoms with Crippen molar-refractivity contribution in [3.63, 3.8) is 0 Å². The summed E-state index contributed by atoms with van der Waals surface area (Å²) in [5.74, 6) is 6.16. The average molecular weight is 283 g/mol. The molecule has 102 valence electrons. The maximum Gasteiger partial charge on any atom is 0.123 e. The van der Waals surface area contributed by atoms with E-state index in [1.807, 2.05) is 13.0 Å². The van der Waals surface area contributed by atoms with Gasteiger partial charge < -0.3 is 4.42 Å². The smallest absolute Gasteiger partial charge is 0.123 e. The number of furan rings is 1. The summed E-state index contributed by atoms with van der Waals surface area (Å²) in [6, 6.07) is 6.03. The molecular formula is C14H16ClFN2O. The van der Waals surface area contributed by atoms with E-state index in [1.165, 1.54) is 12.1 Å². The molecule has 0 aliphatic rings. The number of hydrogen-bond acceptors (Lipinski definition) is 3. The van der Waals surface area contributed by atoms with Gasteiger partial charge in [0.25, 0.3) is 0 Å². The highest BCUT2D eigenvalue weighted by molar-refractivity contribution is 6.31. The van der Waals surface area contributed by atoms with E-state index in [1.54, 1.807) is 12.3 Å². The molecule has 0 saturated carbocycles. The fourth-order valence-electron chi connectivity index (χ4n) is 2.13. The van der Waals surface area contributed by atoms with Crippen LogP contribution in [-0.2, 0) is 12.8 Å². The van der Waals surface area contributed by atoms with Crippen LogP contribution in [0.2, 0.25) is 5.02 Å². The average Bonchev–Trinajstić information content (AvgIpc) is 2.88. The summed E-state index contributed by atoms with van der Waals surface area (Å²) < 4.78 is 18.6. The van der Waals surface area contributed by atoms with Gasteiger partial charge in [0, 0.05) is 17.0 Å². The van der Waals surface area contributed by atoms with E-state index in [-0.39, 0.29) is 11.9 Å². The van der Waals surface area contributed by atoms with Gasteiger partial charge in [0.2, 0.25) is 0 Å². The summed E-state index contributed by atoms with van der Waals surface area (Å²) in [7, 11) is 0. The quantitative estimate of drug-likeness (QED) is 0.653. The third kappa shape index (κ3) is 3.15. The molecule has 0 saturated heterocycles. The second kappa shape index (κ2) is 6.19. The summed E-state index contributed by atoms with van der Waals surface area (Å²) in [5, 5.41) is 0.531. The lowest BCUT2D eigenvalue weighted by Gasteiger charge is -2.16. The Balaban J connectivity index is 2.26. The van der Waals surface area contributed by atoms with E-state index in [2.05, 4.69) is 5.43 Å². The van der Waals surface area contributed by atoms with Crippen molar-refractivity contribution in [1.29, 1.82) is 0 Å². The van der Waals surface area contributed by atoms with Crippen molar-refractivity contribution < 1.29 is 8.81 Å². The second-order valence-electron chi connectivity index (χ2n) is 4.31. The molecule has 3 N–H and O–H groups in total. The zero-order valence-corrected chi connectivity index (χ0v) is 11.4. The molecule has 0 spiro atoms. The van der Waals surface area contributed by atoms with Crippen LogP contribution in [0, 0.1) is 5.82 Å². The van der Waals surface area contributed by atoms with Gasteiger partial charge in [-0.25, -0.2) is 4.39 Å². The number of aryl methyl sites for hydroxylation is 1. The molecule has 5 heteroatoms. The van der Waals surface area contributed by atoms with Crippen LogP contribution in [0.25, 0.3) is 0 Å². The Bertz CT molecular complexity index is 556. The van der Waals surface area contributed by atoms with Gasteiger partial charge in [-0.2, -0.15) is 0 Å². The normalized spacial score (nSPS) is 12.6. The van der Waals surface area contributed by atoms with Crippen molar-refractivity contribution in [2.45, 2.75) is 25.8 Å². The first kappa shape index (κ1) is 14.1. The van der Waals surface area contributed by atoms with E-state index in [4.69, 9.17) is 21.9 Å². The molecule has 0 amide bonds. The van der Waals surface area contributed by atoms with E-state index in [9.17, 15) is 4.39 Å². The minimum Gasteiger partial charge on any atom is -0.469 e. The Labute approximate surface area is 116 Å². The highest BCUT2D eigenvalue weighted by Gasteiger charge is 2.17. The largest absolute Gasteiger partial charge is 0.469 e. The molecule has 0 aliphatic heterocycles. The van der Waals surface area contributed by atoms with Gasteiger partial charge in [-0.05, 0) is 36.2 Å². The molecular weight excluding hydrogens is 267 g/mol. The zero-order valence-electron chi connectivity index (χ0n) is 10.6. The van der Waals surface area contributed by atoms with Gasteiger partial charge in [-0.1, -0.05) is 18.5 Å². The Morgan fingerprint density at radius 2 is 2.21 bits per heavy atom. The highest BCUT2D eigenvalue weighted by Crippen LogP contribution is 2.26. The predicted molar refractivity (Wildman–Crippen MR) is 73.3 cm³/mol. The maximum atomic E-state index is 13.3. The van der Waals surface area contributed by atoms with Crippen LogP contribution in [0.15, 0.2) is 34.9 Å². The molecule has 1 heterocycles. The fraction of sp³-hybridized carbons (Fsp3) is 0.286. The Hall–Kier alpha value is -1.36. The number of hydrogen-bond donors (Lipinski definition) is 2. The van der Waals surface area contributed by atoms with Gasteiger partial charge in [0.05, 0.1) is 12.3 Å². The van der Waals surface area contributed by atoms with Crippen molar-refractivity contribution in [2.75, 3.05) is 0 Å². The summed E-state index contributed by atoms with van der Waals surface area (Å²) >= 11 is 6.07. The topological polar surface area (TPSA) is 51.2 Å². The lowest BCUT2D eigenvalue weighted by Crippen LogP contribution is -2.30. The number of nitrogens with one attached hydrogen (secondary N) is 1. The first-order valence-corrected chi connectivity index (χ1v) is 6.49. The Morgan fingerprint density at radius 1 is 1.42 bits per heavy atom. The Morgan fingerprint density at radius 3 is 2.89 bits per heavy atom. The molecule has 0 bridgehead atoms. The summed E-state index contributed by atoms with van der Waals surface area (Å²) in [6.45, 7) is 2.01. The number of nitrogens with two attached hydrogens (primary N) is 1. The van der Waals surface area contributed by atoms with Crippen molar-refractivity contribution in [3.05, 3.63) is 58.3 Å². The molecule has 19 heavy (non-hydrogen) atoms. The molecule has 0 aliphatic carbocycles. The van der Waals surface area contributed by atoms with Gasteiger partial charge in [-0.15, -0.1) is 0 Å². The van der Waals surface area contributed by atoms with E-state index in [0.29, 0.717) is 17.0 Å². The lowest BCUT2D eigenvalue weighted by atomic mass is 9.99. The van der Waals surface area contributed by atoms with Gasteiger partial charge >= 0.3 is 0 Å². The molecule has 3 nitrogen and oxygen atoms in total. The van der Waals surface area contributed by atoms with Crippen LogP contribution in [0.1, 0.15) is 29.9 Å². The van der Waals surface area contributed by atoms with Crippen molar-refractivity contribution in [2.24, 2.45) is 5.84 Å². The van der Waals surface area contributed by atoms with Crippen LogP contribution in [0.5, 0.6) is 0 Å². The minimum absolute atomic E-state index is 0.159. The first-order valence-electron chi connectivity index (χ1n) is 6.12. The van der Waals surface area contributed by atoms with Crippen LogP contribution < -0.4 is 11.3 Å².